The minimum atomic E-state index is 0.00491. The summed E-state index contributed by atoms with van der Waals surface area (Å²) < 4.78 is 1.59. The van der Waals surface area contributed by atoms with Crippen molar-refractivity contribution in [3.8, 4) is 0 Å². The molecule has 2 heterocycles. The first kappa shape index (κ1) is 9.69. The van der Waals surface area contributed by atoms with Crippen molar-refractivity contribution in [1.29, 1.82) is 0 Å². The Bertz CT molecular complexity index is 439. The Morgan fingerprint density at radius 3 is 2.88 bits per heavy atom. The highest BCUT2D eigenvalue weighted by Gasteiger charge is 2.41. The molecule has 3 rings (SSSR count). The van der Waals surface area contributed by atoms with Crippen molar-refractivity contribution in [2.24, 2.45) is 13.0 Å². The lowest BCUT2D eigenvalue weighted by molar-refractivity contribution is 0.0698. The number of nitrogens with zero attached hydrogens (tertiary/aromatic N) is 3. The molecule has 1 saturated carbocycles. The Labute approximate surface area is 94.2 Å². The van der Waals surface area contributed by atoms with Gasteiger partial charge in [0, 0.05) is 25.8 Å². The molecule has 86 valence electrons. The number of rotatable bonds is 1. The fourth-order valence-electron chi connectivity index (χ4n) is 2.98. The highest BCUT2D eigenvalue weighted by molar-refractivity contribution is 5.97. The fourth-order valence-corrected chi connectivity index (χ4v) is 2.98. The van der Waals surface area contributed by atoms with Gasteiger partial charge in [0.15, 0.2) is 5.69 Å². The average molecular weight is 220 g/mol. The van der Waals surface area contributed by atoms with Crippen molar-refractivity contribution in [2.75, 3.05) is 12.3 Å². The average Bonchev–Trinajstić information content (AvgIpc) is 2.91. The Balaban J connectivity index is 1.86. The van der Waals surface area contributed by atoms with E-state index in [0.717, 1.165) is 13.0 Å². The molecule has 1 aliphatic heterocycles. The molecule has 2 aliphatic rings. The molecule has 16 heavy (non-hydrogen) atoms. The van der Waals surface area contributed by atoms with Crippen LogP contribution in [0.3, 0.4) is 0 Å². The molecule has 1 aliphatic carbocycles. The zero-order valence-electron chi connectivity index (χ0n) is 9.39. The number of aromatic nitrogens is 2. The minimum Gasteiger partial charge on any atom is -0.396 e. The molecular formula is C11H16N4O. The summed E-state index contributed by atoms with van der Waals surface area (Å²) in [7, 11) is 1.78. The molecular weight excluding hydrogens is 204 g/mol. The van der Waals surface area contributed by atoms with Crippen LogP contribution in [0.5, 0.6) is 0 Å². The van der Waals surface area contributed by atoms with Gasteiger partial charge in [-0.3, -0.25) is 9.48 Å². The lowest BCUT2D eigenvalue weighted by atomic mass is 10.1. The molecule has 5 heteroatoms. The van der Waals surface area contributed by atoms with Gasteiger partial charge in [-0.25, -0.2) is 0 Å². The van der Waals surface area contributed by atoms with Crippen molar-refractivity contribution in [1.82, 2.24) is 14.7 Å². The van der Waals surface area contributed by atoms with Crippen LogP contribution in [0.25, 0.3) is 0 Å². The van der Waals surface area contributed by atoms with Crippen LogP contribution >= 0.6 is 0 Å². The zero-order chi connectivity index (χ0) is 11.3. The van der Waals surface area contributed by atoms with Crippen LogP contribution in [0, 0.1) is 5.92 Å². The normalized spacial score (nSPS) is 27.7. The molecule has 5 nitrogen and oxygen atoms in total. The molecule has 0 aromatic carbocycles. The summed E-state index contributed by atoms with van der Waals surface area (Å²) >= 11 is 0. The van der Waals surface area contributed by atoms with Gasteiger partial charge in [0.25, 0.3) is 5.91 Å². The van der Waals surface area contributed by atoms with Crippen molar-refractivity contribution in [2.45, 2.75) is 25.3 Å². The van der Waals surface area contributed by atoms with Crippen LogP contribution in [-0.4, -0.2) is 33.2 Å². The topological polar surface area (TPSA) is 64.2 Å². The van der Waals surface area contributed by atoms with Gasteiger partial charge in [-0.15, -0.1) is 0 Å². The van der Waals surface area contributed by atoms with Gasteiger partial charge < -0.3 is 10.6 Å². The number of hydrogen-bond acceptors (Lipinski definition) is 3. The third-order valence-electron chi connectivity index (χ3n) is 3.73. The monoisotopic (exact) mass is 220 g/mol. The third kappa shape index (κ3) is 1.31. The summed E-state index contributed by atoms with van der Waals surface area (Å²) in [6.07, 6.45) is 5.26. The first-order valence-electron chi connectivity index (χ1n) is 5.75. The number of fused-ring (bicyclic) bond motifs is 2. The standard InChI is InChI=1S/C11H16N4O/c1-14-6-9(12)10(13-14)11(16)15-5-7-2-3-8(15)4-7/h6-8H,2-5,12H2,1H3. The Morgan fingerprint density at radius 1 is 1.56 bits per heavy atom. The molecule has 2 N–H and O–H groups in total. The first-order chi connectivity index (χ1) is 7.65. The smallest absolute Gasteiger partial charge is 0.276 e. The molecule has 2 atom stereocenters. The summed E-state index contributed by atoms with van der Waals surface area (Å²) in [5.41, 5.74) is 6.67. The number of likely N-dealkylation sites (tertiary alicyclic amines) is 1. The van der Waals surface area contributed by atoms with Gasteiger partial charge >= 0.3 is 0 Å². The first-order valence-corrected chi connectivity index (χ1v) is 5.75. The number of carbonyl (C=O) groups is 1. The van der Waals surface area contributed by atoms with Crippen LogP contribution in [0.1, 0.15) is 29.8 Å². The van der Waals surface area contributed by atoms with Gasteiger partial charge in [0.2, 0.25) is 0 Å². The van der Waals surface area contributed by atoms with Gasteiger partial charge in [0.05, 0.1) is 5.69 Å². The maximum absolute atomic E-state index is 12.2. The zero-order valence-corrected chi connectivity index (χ0v) is 9.39. The summed E-state index contributed by atoms with van der Waals surface area (Å²) in [4.78, 5) is 14.2. The van der Waals surface area contributed by atoms with Crippen LogP contribution in [-0.2, 0) is 7.05 Å². The van der Waals surface area contributed by atoms with Crippen LogP contribution in [0.15, 0.2) is 6.20 Å². The number of amides is 1. The highest BCUT2D eigenvalue weighted by Crippen LogP contribution is 2.38. The lowest BCUT2D eigenvalue weighted by Crippen LogP contribution is -2.38. The van der Waals surface area contributed by atoms with Gasteiger partial charge in [-0.2, -0.15) is 5.10 Å². The predicted octanol–water partition coefficient (Wildman–Crippen LogP) is 0.627. The number of hydrogen-bond donors (Lipinski definition) is 1. The van der Waals surface area contributed by atoms with E-state index in [0.29, 0.717) is 23.3 Å². The molecule has 0 spiro atoms. The van der Waals surface area contributed by atoms with Crippen molar-refractivity contribution in [3.05, 3.63) is 11.9 Å². The summed E-state index contributed by atoms with van der Waals surface area (Å²) in [5.74, 6) is 0.712. The van der Waals surface area contributed by atoms with E-state index in [9.17, 15) is 4.79 Å². The number of piperidine rings is 1. The lowest BCUT2D eigenvalue weighted by Gasteiger charge is -2.26. The second kappa shape index (κ2) is 3.23. The molecule has 0 radical (unpaired) electrons. The summed E-state index contributed by atoms with van der Waals surface area (Å²) in [5, 5.41) is 4.14. The van der Waals surface area contributed by atoms with Crippen molar-refractivity contribution < 1.29 is 4.79 Å². The van der Waals surface area contributed by atoms with Crippen LogP contribution in [0.2, 0.25) is 0 Å². The van der Waals surface area contributed by atoms with E-state index < -0.39 is 0 Å². The predicted molar refractivity (Wildman–Crippen MR) is 59.8 cm³/mol. The molecule has 1 aromatic rings. The second-order valence-electron chi connectivity index (χ2n) is 4.90. The van der Waals surface area contributed by atoms with E-state index in [2.05, 4.69) is 5.10 Å². The largest absolute Gasteiger partial charge is 0.396 e. The van der Waals surface area contributed by atoms with E-state index in [-0.39, 0.29) is 5.91 Å². The maximum atomic E-state index is 12.2. The minimum absolute atomic E-state index is 0.00491. The van der Waals surface area contributed by atoms with E-state index in [4.69, 9.17) is 5.73 Å². The second-order valence-corrected chi connectivity index (χ2v) is 4.90. The SMILES string of the molecule is Cn1cc(N)c(C(=O)N2CC3CCC2C3)n1. The molecule has 2 unspecified atom stereocenters. The number of nitrogens with two attached hydrogens (primary N) is 1. The summed E-state index contributed by atoms with van der Waals surface area (Å²) in [6.45, 7) is 0.888. The molecule has 1 saturated heterocycles. The molecule has 1 amide bonds. The quantitative estimate of drug-likeness (QED) is 0.755. The Morgan fingerprint density at radius 2 is 2.38 bits per heavy atom. The number of carbonyl (C=O) groups excluding carboxylic acids is 1. The van der Waals surface area contributed by atoms with E-state index in [1.807, 2.05) is 4.90 Å². The number of anilines is 1. The van der Waals surface area contributed by atoms with Crippen LogP contribution in [0.4, 0.5) is 5.69 Å². The number of nitrogen functional groups attached to an aromatic ring is 1. The number of aryl methyl sites for hydroxylation is 1. The van der Waals surface area contributed by atoms with Gasteiger partial charge in [-0.1, -0.05) is 0 Å². The van der Waals surface area contributed by atoms with E-state index >= 15 is 0 Å². The van der Waals surface area contributed by atoms with E-state index in [1.165, 1.54) is 12.8 Å². The van der Waals surface area contributed by atoms with Gasteiger partial charge in [0.1, 0.15) is 0 Å². The molecule has 2 bridgehead atoms. The third-order valence-corrected chi connectivity index (χ3v) is 3.73. The maximum Gasteiger partial charge on any atom is 0.276 e. The van der Waals surface area contributed by atoms with Gasteiger partial charge in [-0.05, 0) is 25.2 Å². The fraction of sp³-hybridized carbons (Fsp3) is 0.636. The Kier molecular flexibility index (Phi) is 1.96. The van der Waals surface area contributed by atoms with E-state index in [1.54, 1.807) is 17.9 Å². The molecule has 2 fully saturated rings. The summed E-state index contributed by atoms with van der Waals surface area (Å²) in [6, 6.07) is 0.430. The van der Waals surface area contributed by atoms with Crippen molar-refractivity contribution >= 4 is 11.6 Å². The van der Waals surface area contributed by atoms with Crippen molar-refractivity contribution in [3.63, 3.8) is 0 Å². The van der Waals surface area contributed by atoms with Crippen LogP contribution < -0.4 is 5.73 Å². The molecule has 1 aromatic heterocycles. The Hall–Kier alpha value is -1.52. The highest BCUT2D eigenvalue weighted by atomic mass is 16.2.